The minimum Gasteiger partial charge on any atom is -0.260 e. The van der Waals surface area contributed by atoms with E-state index in [-0.39, 0.29) is 34.3 Å². The fourth-order valence-corrected chi connectivity index (χ4v) is 10.4. The molecule has 0 N–H and O–H groups in total. The van der Waals surface area contributed by atoms with Gasteiger partial charge in [0, 0.05) is 40.2 Å². The van der Waals surface area contributed by atoms with Crippen molar-refractivity contribution in [2.75, 3.05) is 11.5 Å². The van der Waals surface area contributed by atoms with Crippen LogP contribution >= 0.6 is 0 Å². The summed E-state index contributed by atoms with van der Waals surface area (Å²) in [6.07, 6.45) is 0. The third-order valence-corrected chi connectivity index (χ3v) is 9.63. The zero-order chi connectivity index (χ0) is 13.3. The molecule has 1 aromatic rings. The van der Waals surface area contributed by atoms with Crippen LogP contribution in [0.15, 0.2) is 9.59 Å². The number of nitrogens with zero attached hydrogens (tertiary/aromatic N) is 3. The lowest BCUT2D eigenvalue weighted by Crippen LogP contribution is -3.00. The minimum atomic E-state index is -0.755. The quantitative estimate of drug-likeness (QED) is 0.597. The molecular weight excluding hydrogens is 278 g/mol. The Balaban J connectivity index is 1.67. The van der Waals surface area contributed by atoms with Gasteiger partial charge in [-0.1, -0.05) is 0 Å². The van der Waals surface area contributed by atoms with Crippen LogP contribution in [0, 0.1) is 34.5 Å². The van der Waals surface area contributed by atoms with Crippen LogP contribution in [-0.2, 0) is 17.8 Å². The van der Waals surface area contributed by atoms with E-state index >= 15 is 0 Å². The second kappa shape index (κ2) is 2.14. The van der Waals surface area contributed by atoms with Crippen molar-refractivity contribution in [3.05, 3.63) is 21.0 Å². The molecule has 7 aliphatic rings. The molecular formula is C13H13N3O3S. The van der Waals surface area contributed by atoms with Crippen molar-refractivity contribution >= 4 is 10.8 Å². The standard InChI is InChI=1S/C13H13N3O3S/c1-14-10(17)15-8-4-5-7-6(4)12(8)2-20(19)3-13(7,12)9(5)16(15)11(14)18/h4-9H,2-3H2,1H3/t4-,5-,6-,7+,8+,9+,12+,13-,20?/m1/s1. The topological polar surface area (TPSA) is 66.0 Å². The van der Waals surface area contributed by atoms with Gasteiger partial charge in [0.1, 0.15) is 0 Å². The highest BCUT2D eigenvalue weighted by Crippen LogP contribution is 3.03. The van der Waals surface area contributed by atoms with E-state index in [0.29, 0.717) is 11.8 Å². The van der Waals surface area contributed by atoms with E-state index in [1.54, 1.807) is 16.4 Å². The largest absolute Gasteiger partial charge is 0.347 e. The summed E-state index contributed by atoms with van der Waals surface area (Å²) in [6, 6.07) is 0.334. The van der Waals surface area contributed by atoms with Crippen LogP contribution < -0.4 is 11.4 Å². The molecule has 6 nitrogen and oxygen atoms in total. The van der Waals surface area contributed by atoms with Crippen LogP contribution in [0.1, 0.15) is 12.1 Å². The maximum atomic E-state index is 12.4. The average Bonchev–Trinajstić information content (AvgIpc) is 2.81. The Bertz CT molecular complexity index is 841. The van der Waals surface area contributed by atoms with Crippen LogP contribution in [0.5, 0.6) is 0 Å². The predicted octanol–water partition coefficient (Wildman–Crippen LogP) is -1.30. The Kier molecular flexibility index (Phi) is 1.04. The van der Waals surface area contributed by atoms with Crippen molar-refractivity contribution in [3.8, 4) is 0 Å². The van der Waals surface area contributed by atoms with Crippen molar-refractivity contribution < 1.29 is 4.21 Å². The van der Waals surface area contributed by atoms with E-state index in [2.05, 4.69) is 0 Å². The summed E-state index contributed by atoms with van der Waals surface area (Å²) in [6.45, 7) is 0. The van der Waals surface area contributed by atoms with Gasteiger partial charge in [0.2, 0.25) is 0 Å². The van der Waals surface area contributed by atoms with Crippen LogP contribution in [-0.4, -0.2) is 29.6 Å². The number of hydrogen-bond donors (Lipinski definition) is 0. The molecule has 0 aromatic carbocycles. The first kappa shape index (κ1) is 9.76. The molecule has 0 amide bonds. The maximum Gasteiger partial charge on any atom is 0.347 e. The third kappa shape index (κ3) is 0.484. The summed E-state index contributed by atoms with van der Waals surface area (Å²) >= 11 is 0. The van der Waals surface area contributed by atoms with Crippen molar-refractivity contribution in [2.24, 2.45) is 41.5 Å². The molecule has 1 unspecified atom stereocenters. The smallest absolute Gasteiger partial charge is 0.260 e. The lowest BCUT2D eigenvalue weighted by Gasteiger charge is -2.99. The summed E-state index contributed by atoms with van der Waals surface area (Å²) in [4.78, 5) is 24.8. The lowest BCUT2D eigenvalue weighted by atomic mass is 9.06. The van der Waals surface area contributed by atoms with Gasteiger partial charge in [-0.2, -0.15) is 0 Å². The average molecular weight is 291 g/mol. The molecule has 3 aliphatic heterocycles. The Hall–Kier alpha value is -1.11. The lowest BCUT2D eigenvalue weighted by molar-refractivity contribution is -0.533. The summed E-state index contributed by atoms with van der Waals surface area (Å²) in [5.41, 5.74) is -0.107. The maximum absolute atomic E-state index is 12.4. The van der Waals surface area contributed by atoms with Crippen molar-refractivity contribution in [2.45, 2.75) is 12.1 Å². The highest BCUT2D eigenvalue weighted by Gasteiger charge is 3.04. The van der Waals surface area contributed by atoms with Crippen LogP contribution in [0.3, 0.4) is 0 Å². The molecule has 8 rings (SSSR count). The summed E-state index contributed by atoms with van der Waals surface area (Å²) in [5.74, 6) is 4.18. The van der Waals surface area contributed by atoms with Gasteiger partial charge >= 0.3 is 11.4 Å². The van der Waals surface area contributed by atoms with Crippen molar-refractivity contribution in [1.82, 2.24) is 13.9 Å². The van der Waals surface area contributed by atoms with Crippen molar-refractivity contribution in [1.29, 1.82) is 0 Å². The van der Waals surface area contributed by atoms with Crippen LogP contribution in [0.4, 0.5) is 0 Å². The normalized spacial score (nSPS) is 64.3. The van der Waals surface area contributed by atoms with Gasteiger partial charge in [-0.3, -0.25) is 4.21 Å². The van der Waals surface area contributed by atoms with Gasteiger partial charge in [-0.25, -0.2) is 23.5 Å². The molecule has 4 saturated carbocycles. The van der Waals surface area contributed by atoms with Gasteiger partial charge in [0.15, 0.2) is 0 Å². The molecule has 1 saturated heterocycles. The molecule has 2 spiro atoms. The van der Waals surface area contributed by atoms with Crippen LogP contribution in [0.2, 0.25) is 0 Å². The molecule has 9 atom stereocenters. The molecule has 4 aliphatic carbocycles. The highest BCUT2D eigenvalue weighted by atomic mass is 32.2. The van der Waals surface area contributed by atoms with E-state index in [1.807, 2.05) is 0 Å². The molecule has 0 radical (unpaired) electrons. The van der Waals surface area contributed by atoms with Gasteiger partial charge in [0.25, 0.3) is 0 Å². The Labute approximate surface area is 115 Å². The summed E-state index contributed by atoms with van der Waals surface area (Å²) in [5, 5.41) is 0. The zero-order valence-corrected chi connectivity index (χ0v) is 11.7. The second-order valence-corrected chi connectivity index (χ2v) is 9.18. The molecule has 104 valence electrons. The SMILES string of the molecule is Cn1c(=O)n2n(c1=O)[C@H]1[C@@H]3[C@@H]4[C@@H]5[C@H]3[C@]13CS(=O)C[C@@]53[C@H]42. The van der Waals surface area contributed by atoms with E-state index in [0.717, 1.165) is 23.3 Å². The second-order valence-electron chi connectivity index (χ2n) is 7.72. The van der Waals surface area contributed by atoms with E-state index in [9.17, 15) is 13.8 Å². The molecule has 20 heavy (non-hydrogen) atoms. The first-order valence-corrected chi connectivity index (χ1v) is 8.81. The van der Waals surface area contributed by atoms with E-state index < -0.39 is 10.8 Å². The van der Waals surface area contributed by atoms with Crippen LogP contribution in [0.25, 0.3) is 0 Å². The number of rotatable bonds is 0. The molecule has 5 fully saturated rings. The summed E-state index contributed by atoms with van der Waals surface area (Å²) in [7, 11) is 0.824. The number of hydrogen-bond acceptors (Lipinski definition) is 3. The summed E-state index contributed by atoms with van der Waals surface area (Å²) < 4.78 is 17.0. The Morgan fingerprint density at radius 3 is 1.90 bits per heavy atom. The molecule has 4 heterocycles. The number of aromatic nitrogens is 3. The first-order chi connectivity index (χ1) is 9.57. The molecule has 1 aromatic heterocycles. The monoisotopic (exact) mass is 291 g/mol. The van der Waals surface area contributed by atoms with E-state index in [1.165, 1.54) is 4.57 Å². The Morgan fingerprint density at radius 2 is 1.45 bits per heavy atom. The molecule has 7 heteroatoms. The predicted molar refractivity (Wildman–Crippen MR) is 68.7 cm³/mol. The Morgan fingerprint density at radius 1 is 1.00 bits per heavy atom. The van der Waals surface area contributed by atoms with Crippen molar-refractivity contribution in [3.63, 3.8) is 0 Å². The van der Waals surface area contributed by atoms with Gasteiger partial charge in [-0.05, 0) is 23.7 Å². The van der Waals surface area contributed by atoms with Gasteiger partial charge in [0.05, 0.1) is 12.1 Å². The first-order valence-electron chi connectivity index (χ1n) is 7.32. The minimum absolute atomic E-state index is 0.115. The van der Waals surface area contributed by atoms with Gasteiger partial charge in [-0.15, -0.1) is 0 Å². The molecule has 2 bridgehead atoms. The highest BCUT2D eigenvalue weighted by molar-refractivity contribution is 7.85. The van der Waals surface area contributed by atoms with Gasteiger partial charge < -0.3 is 0 Å². The van der Waals surface area contributed by atoms with E-state index in [4.69, 9.17) is 0 Å². The zero-order valence-electron chi connectivity index (χ0n) is 10.9. The third-order valence-electron chi connectivity index (χ3n) is 8.03. The fourth-order valence-electron chi connectivity index (χ4n) is 7.93. The fraction of sp³-hybridized carbons (Fsp3) is 0.846.